The number of nitrogens with one attached hydrogen (secondary N) is 1. The van der Waals surface area contributed by atoms with Crippen molar-refractivity contribution in [3.63, 3.8) is 0 Å². The number of hydrazone groups is 1. The fraction of sp³-hybridized carbons (Fsp3) is 0.238. The molecule has 30 heavy (non-hydrogen) atoms. The Bertz CT molecular complexity index is 1180. The third-order valence-corrected chi connectivity index (χ3v) is 5.78. The molecule has 2 aliphatic rings. The first-order valence-corrected chi connectivity index (χ1v) is 10.0. The van der Waals surface area contributed by atoms with Crippen molar-refractivity contribution >= 4 is 39.8 Å². The van der Waals surface area contributed by atoms with Crippen molar-refractivity contribution < 1.29 is 14.3 Å². The van der Waals surface area contributed by atoms with Gasteiger partial charge in [0.05, 0.1) is 30.5 Å². The molecule has 0 spiro atoms. The lowest BCUT2D eigenvalue weighted by Gasteiger charge is -2.20. The maximum Gasteiger partial charge on any atom is 0.283 e. The average Bonchev–Trinajstić information content (AvgIpc) is 3.23. The summed E-state index contributed by atoms with van der Waals surface area (Å²) in [5, 5.41) is 15.3. The molecule has 2 aliphatic heterocycles. The molecular formula is C21H21N5O3S. The van der Waals surface area contributed by atoms with E-state index in [1.165, 1.54) is 16.8 Å². The van der Waals surface area contributed by atoms with E-state index in [0.717, 1.165) is 27.7 Å². The number of thioether (sulfide) groups is 1. The van der Waals surface area contributed by atoms with Crippen LogP contribution in [0.3, 0.4) is 0 Å². The number of rotatable bonds is 4. The van der Waals surface area contributed by atoms with Crippen molar-refractivity contribution in [1.82, 2.24) is 9.58 Å². The fourth-order valence-corrected chi connectivity index (χ4v) is 4.25. The summed E-state index contributed by atoms with van der Waals surface area (Å²) >= 11 is 1.29. The molecule has 154 valence electrons. The van der Waals surface area contributed by atoms with Crippen molar-refractivity contribution in [2.24, 2.45) is 10.1 Å². The molecule has 1 N–H and O–H groups in total. The summed E-state index contributed by atoms with van der Waals surface area (Å²) < 4.78 is 12.9. The number of aliphatic imine (C=N–C) groups is 1. The molecule has 1 amide bonds. The van der Waals surface area contributed by atoms with Gasteiger partial charge in [-0.3, -0.25) is 10.2 Å². The van der Waals surface area contributed by atoms with Crippen LogP contribution in [0.2, 0.25) is 0 Å². The maximum atomic E-state index is 12.6. The molecule has 1 aromatic heterocycles. The largest absolute Gasteiger partial charge is 0.497 e. The highest BCUT2D eigenvalue weighted by molar-refractivity contribution is 8.26. The van der Waals surface area contributed by atoms with E-state index in [-0.39, 0.29) is 11.4 Å². The van der Waals surface area contributed by atoms with E-state index in [1.807, 2.05) is 49.6 Å². The SMILES string of the molecule is COc1ccc(OC)c(-n2c(C)cc(/C=C3\C(=N)N4N=C(C)SC4=NC3=O)c2C)c1. The highest BCUT2D eigenvalue weighted by Crippen LogP contribution is 2.33. The van der Waals surface area contributed by atoms with Crippen LogP contribution >= 0.6 is 11.8 Å². The summed E-state index contributed by atoms with van der Waals surface area (Å²) in [5.74, 6) is 1.00. The van der Waals surface area contributed by atoms with Gasteiger partial charge in [0, 0.05) is 17.5 Å². The van der Waals surface area contributed by atoms with Gasteiger partial charge in [-0.15, -0.1) is 0 Å². The molecular weight excluding hydrogens is 402 g/mol. The second-order valence-electron chi connectivity index (χ2n) is 6.84. The highest BCUT2D eigenvalue weighted by atomic mass is 32.2. The predicted octanol–water partition coefficient (Wildman–Crippen LogP) is 3.75. The molecule has 0 unspecified atom stereocenters. The Morgan fingerprint density at radius 1 is 1.13 bits per heavy atom. The molecule has 1 aromatic carbocycles. The summed E-state index contributed by atoms with van der Waals surface area (Å²) in [6.07, 6.45) is 1.70. The van der Waals surface area contributed by atoms with Crippen LogP contribution in [0.15, 0.2) is 39.9 Å². The monoisotopic (exact) mass is 423 g/mol. The zero-order valence-corrected chi connectivity index (χ0v) is 18.1. The standard InChI is InChI=1S/C21H21N5O3S/c1-11-8-14(9-16-19(22)26-21(23-20(16)27)30-13(3)24-26)12(2)25(11)17-10-15(28-4)6-7-18(17)29-5/h6-10,22H,1-5H3/b16-9+,22-19?. The highest BCUT2D eigenvalue weighted by Gasteiger charge is 2.34. The molecule has 0 saturated heterocycles. The molecule has 4 rings (SSSR count). The van der Waals surface area contributed by atoms with Crippen LogP contribution < -0.4 is 9.47 Å². The third-order valence-electron chi connectivity index (χ3n) is 4.95. The number of fused-ring (bicyclic) bond motifs is 1. The first kappa shape index (κ1) is 20.0. The van der Waals surface area contributed by atoms with E-state index in [1.54, 1.807) is 20.3 Å². The summed E-state index contributed by atoms with van der Waals surface area (Å²) in [7, 11) is 3.24. The topological polar surface area (TPSA) is 92.3 Å². The molecule has 8 nitrogen and oxygen atoms in total. The van der Waals surface area contributed by atoms with Crippen molar-refractivity contribution in [3.8, 4) is 17.2 Å². The number of aryl methyl sites for hydroxylation is 1. The molecule has 2 aromatic rings. The van der Waals surface area contributed by atoms with Gasteiger partial charge >= 0.3 is 0 Å². The van der Waals surface area contributed by atoms with Crippen LogP contribution in [-0.2, 0) is 4.79 Å². The predicted molar refractivity (Wildman–Crippen MR) is 119 cm³/mol. The quantitative estimate of drug-likeness (QED) is 0.756. The van der Waals surface area contributed by atoms with Gasteiger partial charge in [-0.25, -0.2) is 0 Å². The zero-order valence-electron chi connectivity index (χ0n) is 17.3. The van der Waals surface area contributed by atoms with E-state index in [9.17, 15) is 4.79 Å². The van der Waals surface area contributed by atoms with Gasteiger partial charge in [-0.05, 0) is 62.4 Å². The Hall–Kier alpha value is -3.33. The number of amidine groups is 2. The van der Waals surface area contributed by atoms with Gasteiger partial charge in [-0.2, -0.15) is 15.1 Å². The van der Waals surface area contributed by atoms with E-state index in [4.69, 9.17) is 14.9 Å². The van der Waals surface area contributed by atoms with E-state index < -0.39 is 5.91 Å². The van der Waals surface area contributed by atoms with E-state index >= 15 is 0 Å². The number of ether oxygens (including phenoxy) is 2. The molecule has 0 fully saturated rings. The zero-order chi connectivity index (χ0) is 21.6. The van der Waals surface area contributed by atoms with Crippen LogP contribution in [0.4, 0.5) is 0 Å². The van der Waals surface area contributed by atoms with Crippen LogP contribution in [0, 0.1) is 19.3 Å². The molecule has 9 heteroatoms. The Labute approximate surface area is 178 Å². The molecule has 0 radical (unpaired) electrons. The van der Waals surface area contributed by atoms with Gasteiger partial charge in [-0.1, -0.05) is 0 Å². The minimum Gasteiger partial charge on any atom is -0.497 e. The number of benzene rings is 1. The molecule has 0 aliphatic carbocycles. The Morgan fingerprint density at radius 2 is 1.90 bits per heavy atom. The van der Waals surface area contributed by atoms with Crippen LogP contribution in [0.1, 0.15) is 23.9 Å². The normalized spacial score (nSPS) is 17.2. The molecule has 0 saturated carbocycles. The Morgan fingerprint density at radius 3 is 2.60 bits per heavy atom. The molecule has 0 bridgehead atoms. The fourth-order valence-electron chi connectivity index (χ4n) is 3.52. The lowest BCUT2D eigenvalue weighted by molar-refractivity contribution is -0.114. The third kappa shape index (κ3) is 3.21. The van der Waals surface area contributed by atoms with Gasteiger partial charge in [0.1, 0.15) is 11.5 Å². The number of hydrogen-bond donors (Lipinski definition) is 1. The van der Waals surface area contributed by atoms with E-state index in [0.29, 0.717) is 16.7 Å². The maximum absolute atomic E-state index is 12.6. The average molecular weight is 423 g/mol. The van der Waals surface area contributed by atoms with Crippen molar-refractivity contribution in [2.75, 3.05) is 14.2 Å². The number of nitrogens with zero attached hydrogens (tertiary/aromatic N) is 4. The van der Waals surface area contributed by atoms with Gasteiger partial charge < -0.3 is 14.0 Å². The lowest BCUT2D eigenvalue weighted by atomic mass is 10.1. The first-order chi connectivity index (χ1) is 14.3. The summed E-state index contributed by atoms with van der Waals surface area (Å²) in [5.41, 5.74) is 3.71. The minimum atomic E-state index is -0.438. The van der Waals surface area contributed by atoms with Crippen molar-refractivity contribution in [1.29, 1.82) is 5.41 Å². The van der Waals surface area contributed by atoms with Crippen LogP contribution in [-0.4, -0.2) is 45.7 Å². The van der Waals surface area contributed by atoms with Gasteiger partial charge in [0.2, 0.25) is 5.17 Å². The Kier molecular flexibility index (Phi) is 4.98. The second kappa shape index (κ2) is 7.49. The summed E-state index contributed by atoms with van der Waals surface area (Å²) in [6, 6.07) is 7.56. The van der Waals surface area contributed by atoms with Gasteiger partial charge in [0.25, 0.3) is 5.91 Å². The van der Waals surface area contributed by atoms with Gasteiger partial charge in [0.15, 0.2) is 5.84 Å². The summed E-state index contributed by atoms with van der Waals surface area (Å²) in [4.78, 5) is 16.7. The number of aromatic nitrogens is 1. The number of methoxy groups -OCH3 is 2. The molecule has 0 atom stereocenters. The minimum absolute atomic E-state index is 0.0260. The van der Waals surface area contributed by atoms with Crippen LogP contribution in [0.25, 0.3) is 11.8 Å². The Balaban J connectivity index is 1.81. The molecule has 3 heterocycles. The van der Waals surface area contributed by atoms with E-state index in [2.05, 4.69) is 10.1 Å². The van der Waals surface area contributed by atoms with Crippen molar-refractivity contribution in [2.45, 2.75) is 20.8 Å². The van der Waals surface area contributed by atoms with Crippen LogP contribution in [0.5, 0.6) is 11.5 Å². The summed E-state index contributed by atoms with van der Waals surface area (Å²) in [6.45, 7) is 5.75. The first-order valence-electron chi connectivity index (χ1n) is 9.22. The smallest absolute Gasteiger partial charge is 0.283 e. The van der Waals surface area contributed by atoms with Crippen molar-refractivity contribution in [3.05, 3.63) is 46.8 Å². The second-order valence-corrected chi connectivity index (χ2v) is 8.00. The lowest BCUT2D eigenvalue weighted by Crippen LogP contribution is -2.35. The number of hydrogen-bond acceptors (Lipinski definition) is 6. The number of amides is 1. The number of carbonyl (C=O) groups excluding carboxylic acids is 1. The number of carbonyl (C=O) groups is 1.